The smallest absolute Gasteiger partial charge is 0.0786 e. The maximum Gasteiger partial charge on any atom is 0.0786 e. The minimum Gasteiger partial charge on any atom is -0.376 e. The van der Waals surface area contributed by atoms with Crippen LogP contribution in [-0.2, 0) is 0 Å². The summed E-state index contributed by atoms with van der Waals surface area (Å²) in [7, 11) is 4.19. The van der Waals surface area contributed by atoms with Crippen LogP contribution in [0.25, 0.3) is 0 Å². The molecule has 1 aliphatic heterocycles. The molecule has 1 atom stereocenters. The number of rotatable bonds is 1. The molecule has 0 aromatic rings. The first-order valence-electron chi connectivity index (χ1n) is 3.38. The summed E-state index contributed by atoms with van der Waals surface area (Å²) in [5.41, 5.74) is 0. The minimum absolute atomic E-state index is 0.551. The predicted molar refractivity (Wildman–Crippen MR) is 39.0 cm³/mol. The molecule has 0 aromatic heterocycles. The zero-order valence-electron chi connectivity index (χ0n) is 6.09. The van der Waals surface area contributed by atoms with Crippen molar-refractivity contribution < 1.29 is 0 Å². The van der Waals surface area contributed by atoms with Gasteiger partial charge in [0, 0.05) is 0 Å². The summed E-state index contributed by atoms with van der Waals surface area (Å²) in [4.78, 5) is 2.20. The van der Waals surface area contributed by atoms with Gasteiger partial charge in [0.25, 0.3) is 0 Å². The Kier molecular flexibility index (Phi) is 2.11. The van der Waals surface area contributed by atoms with Gasteiger partial charge in [0.05, 0.1) is 6.17 Å². The summed E-state index contributed by atoms with van der Waals surface area (Å²) in [5, 5.41) is 3.26. The molecule has 0 spiro atoms. The second kappa shape index (κ2) is 2.87. The second-order valence-corrected chi connectivity index (χ2v) is 2.63. The normalized spacial score (nSPS) is 26.3. The lowest BCUT2D eigenvalue weighted by atomic mass is 10.2. The number of hydrogen-bond acceptors (Lipinski definition) is 2. The third kappa shape index (κ3) is 1.72. The van der Waals surface area contributed by atoms with Crippen molar-refractivity contribution in [1.82, 2.24) is 10.2 Å². The van der Waals surface area contributed by atoms with E-state index in [2.05, 4.69) is 30.4 Å². The number of nitrogens with one attached hydrogen (secondary N) is 1. The highest BCUT2D eigenvalue weighted by molar-refractivity contribution is 4.88. The Bertz CT molecular complexity index is 107. The Morgan fingerprint density at radius 1 is 1.56 bits per heavy atom. The van der Waals surface area contributed by atoms with Gasteiger partial charge in [0.2, 0.25) is 0 Å². The van der Waals surface area contributed by atoms with E-state index in [0.29, 0.717) is 6.17 Å². The monoisotopic (exact) mass is 126 g/mol. The summed E-state index contributed by atoms with van der Waals surface area (Å²) in [5.74, 6) is 0. The molecule has 0 aliphatic carbocycles. The highest BCUT2D eigenvalue weighted by atomic mass is 15.2. The molecule has 0 saturated heterocycles. The standard InChI is InChI=1S/C7H14N2/c1-9(2)7-5-3-4-6-8-7/h4,6-8H,3,5H2,1-2H3. The largest absolute Gasteiger partial charge is 0.376 e. The van der Waals surface area contributed by atoms with Crippen LogP contribution >= 0.6 is 0 Å². The average molecular weight is 126 g/mol. The summed E-state index contributed by atoms with van der Waals surface area (Å²) in [6.07, 6.45) is 7.18. The molecule has 9 heavy (non-hydrogen) atoms. The van der Waals surface area contributed by atoms with Crippen LogP contribution in [0, 0.1) is 0 Å². The molecule has 52 valence electrons. The molecule has 0 aromatic carbocycles. The van der Waals surface area contributed by atoms with Gasteiger partial charge in [-0.15, -0.1) is 0 Å². The highest BCUT2D eigenvalue weighted by Gasteiger charge is 2.09. The van der Waals surface area contributed by atoms with Gasteiger partial charge in [-0.25, -0.2) is 0 Å². The molecular weight excluding hydrogens is 112 g/mol. The van der Waals surface area contributed by atoms with Gasteiger partial charge in [-0.3, -0.25) is 4.90 Å². The molecular formula is C7H14N2. The first kappa shape index (κ1) is 6.62. The Hall–Kier alpha value is -0.500. The molecule has 0 fully saturated rings. The molecule has 0 saturated carbocycles. The molecule has 1 aliphatic rings. The van der Waals surface area contributed by atoms with Crippen molar-refractivity contribution in [1.29, 1.82) is 0 Å². The van der Waals surface area contributed by atoms with Gasteiger partial charge in [0.1, 0.15) is 0 Å². The molecule has 2 nitrogen and oxygen atoms in total. The van der Waals surface area contributed by atoms with Gasteiger partial charge < -0.3 is 5.32 Å². The molecule has 1 rings (SSSR count). The van der Waals surface area contributed by atoms with Gasteiger partial charge in [0.15, 0.2) is 0 Å². The van der Waals surface area contributed by atoms with Crippen molar-refractivity contribution >= 4 is 0 Å². The van der Waals surface area contributed by atoms with Crippen LogP contribution in [0.15, 0.2) is 12.3 Å². The summed E-state index contributed by atoms with van der Waals surface area (Å²) < 4.78 is 0. The highest BCUT2D eigenvalue weighted by Crippen LogP contribution is 2.04. The van der Waals surface area contributed by atoms with Crippen LogP contribution in [0.5, 0.6) is 0 Å². The van der Waals surface area contributed by atoms with Crippen molar-refractivity contribution in [3.05, 3.63) is 12.3 Å². The summed E-state index contributed by atoms with van der Waals surface area (Å²) >= 11 is 0. The Morgan fingerprint density at radius 3 is 2.67 bits per heavy atom. The fourth-order valence-electron chi connectivity index (χ4n) is 1.01. The van der Waals surface area contributed by atoms with Gasteiger partial charge in [-0.2, -0.15) is 0 Å². The van der Waals surface area contributed by atoms with E-state index in [1.807, 2.05) is 6.20 Å². The van der Waals surface area contributed by atoms with E-state index in [9.17, 15) is 0 Å². The predicted octanol–water partition coefficient (Wildman–Crippen LogP) is 0.771. The third-order valence-electron chi connectivity index (χ3n) is 1.64. The number of hydrogen-bond donors (Lipinski definition) is 1. The Morgan fingerprint density at radius 2 is 2.33 bits per heavy atom. The van der Waals surface area contributed by atoms with E-state index in [1.54, 1.807) is 0 Å². The zero-order valence-corrected chi connectivity index (χ0v) is 6.09. The Balaban J connectivity index is 2.35. The summed E-state index contributed by atoms with van der Waals surface area (Å²) in [6.45, 7) is 0. The molecule has 1 heterocycles. The van der Waals surface area contributed by atoms with Crippen LogP contribution < -0.4 is 5.32 Å². The fourth-order valence-corrected chi connectivity index (χ4v) is 1.01. The molecule has 0 bridgehead atoms. The maximum atomic E-state index is 3.26. The lowest BCUT2D eigenvalue weighted by Gasteiger charge is -2.26. The van der Waals surface area contributed by atoms with E-state index in [4.69, 9.17) is 0 Å². The van der Waals surface area contributed by atoms with Gasteiger partial charge in [-0.05, 0) is 33.1 Å². The molecule has 1 unspecified atom stereocenters. The topological polar surface area (TPSA) is 15.3 Å². The van der Waals surface area contributed by atoms with E-state index in [0.717, 1.165) is 0 Å². The van der Waals surface area contributed by atoms with E-state index in [-0.39, 0.29) is 0 Å². The van der Waals surface area contributed by atoms with Crippen molar-refractivity contribution in [3.8, 4) is 0 Å². The van der Waals surface area contributed by atoms with Crippen LogP contribution in [0.4, 0.5) is 0 Å². The summed E-state index contributed by atoms with van der Waals surface area (Å²) in [6, 6.07) is 0. The quantitative estimate of drug-likeness (QED) is 0.558. The van der Waals surface area contributed by atoms with E-state index < -0.39 is 0 Å². The first-order valence-corrected chi connectivity index (χ1v) is 3.38. The number of nitrogens with zero attached hydrogens (tertiary/aromatic N) is 1. The third-order valence-corrected chi connectivity index (χ3v) is 1.64. The van der Waals surface area contributed by atoms with Crippen molar-refractivity contribution in [2.45, 2.75) is 19.0 Å². The van der Waals surface area contributed by atoms with E-state index in [1.165, 1.54) is 12.8 Å². The van der Waals surface area contributed by atoms with Gasteiger partial charge >= 0.3 is 0 Å². The van der Waals surface area contributed by atoms with Crippen LogP contribution in [-0.4, -0.2) is 25.2 Å². The van der Waals surface area contributed by atoms with E-state index >= 15 is 0 Å². The van der Waals surface area contributed by atoms with Crippen molar-refractivity contribution in [2.24, 2.45) is 0 Å². The Labute approximate surface area is 56.5 Å². The fraction of sp³-hybridized carbons (Fsp3) is 0.714. The molecule has 0 amide bonds. The van der Waals surface area contributed by atoms with Gasteiger partial charge in [-0.1, -0.05) is 6.08 Å². The minimum atomic E-state index is 0.551. The lowest BCUT2D eigenvalue weighted by Crippen LogP contribution is -2.39. The van der Waals surface area contributed by atoms with Crippen LogP contribution in [0.3, 0.4) is 0 Å². The molecule has 1 N–H and O–H groups in total. The SMILES string of the molecule is CN(C)C1CCC=CN1. The molecule has 2 heteroatoms. The molecule has 0 radical (unpaired) electrons. The lowest BCUT2D eigenvalue weighted by molar-refractivity contribution is 0.248. The number of allylic oxidation sites excluding steroid dienone is 1. The first-order chi connectivity index (χ1) is 4.30. The maximum absolute atomic E-state index is 3.26. The van der Waals surface area contributed by atoms with Crippen molar-refractivity contribution in [3.63, 3.8) is 0 Å². The second-order valence-electron chi connectivity index (χ2n) is 2.63. The average Bonchev–Trinajstić information content (AvgIpc) is 1.90. The van der Waals surface area contributed by atoms with Crippen LogP contribution in [0.2, 0.25) is 0 Å². The zero-order chi connectivity index (χ0) is 6.69. The van der Waals surface area contributed by atoms with Crippen LogP contribution in [0.1, 0.15) is 12.8 Å². The van der Waals surface area contributed by atoms with Crippen molar-refractivity contribution in [2.75, 3.05) is 14.1 Å².